The zero-order valence-electron chi connectivity index (χ0n) is 7.42. The topological polar surface area (TPSA) is 35.5 Å². The predicted octanol–water partition coefficient (Wildman–Crippen LogP) is 2.90. The van der Waals surface area contributed by atoms with Crippen molar-refractivity contribution in [2.45, 2.75) is 0 Å². The predicted molar refractivity (Wildman–Crippen MR) is 57.0 cm³/mol. The molecular formula is C9H8BrClO3. The highest BCUT2D eigenvalue weighted by molar-refractivity contribution is 9.10. The number of hydrogen-bond acceptors (Lipinski definition) is 3. The minimum absolute atomic E-state index is 0.0844. The number of aldehydes is 1. The van der Waals surface area contributed by atoms with Gasteiger partial charge < -0.3 is 9.47 Å². The Balaban J connectivity index is 3.05. The Morgan fingerprint density at radius 3 is 2.86 bits per heavy atom. The molecule has 3 nitrogen and oxygen atoms in total. The number of halogens is 2. The number of carbonyl (C=O) groups excluding carboxylic acids is 1. The highest BCUT2D eigenvalue weighted by atomic mass is 79.9. The van der Waals surface area contributed by atoms with E-state index in [0.29, 0.717) is 27.1 Å². The van der Waals surface area contributed by atoms with E-state index in [-0.39, 0.29) is 6.79 Å². The van der Waals surface area contributed by atoms with Crippen LogP contribution in [0.15, 0.2) is 16.6 Å². The second kappa shape index (κ2) is 5.34. The summed E-state index contributed by atoms with van der Waals surface area (Å²) in [6.45, 7) is 0.0844. The maximum absolute atomic E-state index is 10.7. The Labute approximate surface area is 95.1 Å². The van der Waals surface area contributed by atoms with Gasteiger partial charge in [0.15, 0.2) is 13.1 Å². The minimum atomic E-state index is 0.0844. The number of carbonyl (C=O) groups is 1. The molecule has 0 fully saturated rings. The molecule has 0 aliphatic rings. The molecule has 0 bridgehead atoms. The molecular weight excluding hydrogens is 271 g/mol. The molecule has 1 aromatic rings. The molecule has 1 aromatic carbocycles. The Morgan fingerprint density at radius 2 is 2.29 bits per heavy atom. The van der Waals surface area contributed by atoms with E-state index >= 15 is 0 Å². The molecule has 0 aromatic heterocycles. The molecule has 0 radical (unpaired) electrons. The van der Waals surface area contributed by atoms with Gasteiger partial charge in [0.25, 0.3) is 0 Å². The molecule has 76 valence electrons. The van der Waals surface area contributed by atoms with Crippen molar-refractivity contribution in [1.82, 2.24) is 0 Å². The van der Waals surface area contributed by atoms with Crippen molar-refractivity contribution in [1.29, 1.82) is 0 Å². The van der Waals surface area contributed by atoms with Gasteiger partial charge in [-0.1, -0.05) is 11.6 Å². The number of ether oxygens (including phenoxy) is 2. The van der Waals surface area contributed by atoms with Crippen LogP contribution < -0.4 is 4.74 Å². The summed E-state index contributed by atoms with van der Waals surface area (Å²) in [5.74, 6) is 0.436. The van der Waals surface area contributed by atoms with Crippen LogP contribution in [0.25, 0.3) is 0 Å². The molecule has 0 saturated carbocycles. The third-order valence-electron chi connectivity index (χ3n) is 1.49. The Morgan fingerprint density at radius 1 is 1.57 bits per heavy atom. The summed E-state index contributed by atoms with van der Waals surface area (Å²) >= 11 is 9.00. The van der Waals surface area contributed by atoms with Crippen LogP contribution in [0.5, 0.6) is 5.75 Å². The van der Waals surface area contributed by atoms with Gasteiger partial charge in [-0.2, -0.15) is 0 Å². The third kappa shape index (κ3) is 2.70. The van der Waals surface area contributed by atoms with Gasteiger partial charge in [0.2, 0.25) is 0 Å². The maximum Gasteiger partial charge on any atom is 0.188 e. The van der Waals surface area contributed by atoms with Gasteiger partial charge in [-0.25, -0.2) is 0 Å². The number of benzene rings is 1. The summed E-state index contributed by atoms with van der Waals surface area (Å²) in [6.07, 6.45) is 0.682. The first-order valence-corrected chi connectivity index (χ1v) is 4.92. The summed E-state index contributed by atoms with van der Waals surface area (Å²) in [6, 6.07) is 3.18. The van der Waals surface area contributed by atoms with Gasteiger partial charge in [0.05, 0.1) is 10.0 Å². The fourth-order valence-electron chi connectivity index (χ4n) is 0.938. The maximum atomic E-state index is 10.7. The fourth-order valence-corrected chi connectivity index (χ4v) is 1.89. The third-order valence-corrected chi connectivity index (χ3v) is 2.29. The van der Waals surface area contributed by atoms with Crippen LogP contribution in [0.1, 0.15) is 10.4 Å². The van der Waals surface area contributed by atoms with Gasteiger partial charge in [-0.3, -0.25) is 4.79 Å². The van der Waals surface area contributed by atoms with Crippen molar-refractivity contribution in [2.24, 2.45) is 0 Å². The SMILES string of the molecule is COCOc1c(Br)cc(Cl)cc1C=O. The van der Waals surface area contributed by atoms with Crippen molar-refractivity contribution < 1.29 is 14.3 Å². The van der Waals surface area contributed by atoms with Crippen LogP contribution in [0.3, 0.4) is 0 Å². The van der Waals surface area contributed by atoms with Crippen molar-refractivity contribution in [3.63, 3.8) is 0 Å². The number of methoxy groups -OCH3 is 1. The lowest BCUT2D eigenvalue weighted by molar-refractivity contribution is 0.0500. The van der Waals surface area contributed by atoms with Gasteiger partial charge in [-0.05, 0) is 28.1 Å². The largest absolute Gasteiger partial charge is 0.466 e. The van der Waals surface area contributed by atoms with E-state index in [2.05, 4.69) is 15.9 Å². The van der Waals surface area contributed by atoms with E-state index < -0.39 is 0 Å². The summed E-state index contributed by atoms with van der Waals surface area (Å²) in [5, 5.41) is 0.476. The number of hydrogen-bond donors (Lipinski definition) is 0. The first-order valence-electron chi connectivity index (χ1n) is 3.75. The normalized spacial score (nSPS) is 9.93. The zero-order chi connectivity index (χ0) is 10.6. The van der Waals surface area contributed by atoms with E-state index in [1.807, 2.05) is 0 Å². The molecule has 0 heterocycles. The van der Waals surface area contributed by atoms with Crippen molar-refractivity contribution in [3.8, 4) is 5.75 Å². The van der Waals surface area contributed by atoms with Crippen LogP contribution in [0.4, 0.5) is 0 Å². The summed E-state index contributed by atoms with van der Waals surface area (Å²) in [5.41, 5.74) is 0.390. The molecule has 0 aliphatic heterocycles. The fraction of sp³-hybridized carbons (Fsp3) is 0.222. The molecule has 0 aliphatic carbocycles. The molecule has 14 heavy (non-hydrogen) atoms. The summed E-state index contributed by atoms with van der Waals surface area (Å²) in [4.78, 5) is 10.7. The Hall–Kier alpha value is -0.580. The average Bonchev–Trinajstić information content (AvgIpc) is 2.15. The molecule has 0 saturated heterocycles. The molecule has 0 amide bonds. The van der Waals surface area contributed by atoms with Crippen LogP contribution in [0, 0.1) is 0 Å². The molecule has 0 atom stereocenters. The van der Waals surface area contributed by atoms with E-state index in [4.69, 9.17) is 21.1 Å². The smallest absolute Gasteiger partial charge is 0.188 e. The Bertz CT molecular complexity index is 341. The van der Waals surface area contributed by atoms with Crippen molar-refractivity contribution in [3.05, 3.63) is 27.2 Å². The minimum Gasteiger partial charge on any atom is -0.466 e. The van der Waals surface area contributed by atoms with E-state index in [0.717, 1.165) is 0 Å². The molecule has 5 heteroatoms. The van der Waals surface area contributed by atoms with Crippen molar-refractivity contribution in [2.75, 3.05) is 13.9 Å². The average molecular weight is 280 g/mol. The summed E-state index contributed by atoms with van der Waals surface area (Å²) in [7, 11) is 1.50. The van der Waals surface area contributed by atoms with Gasteiger partial charge in [-0.15, -0.1) is 0 Å². The highest BCUT2D eigenvalue weighted by Crippen LogP contribution is 2.31. The second-order valence-corrected chi connectivity index (χ2v) is 3.77. The lowest BCUT2D eigenvalue weighted by Crippen LogP contribution is -2.02. The van der Waals surface area contributed by atoms with Gasteiger partial charge in [0, 0.05) is 12.1 Å². The molecule has 0 spiro atoms. The number of rotatable bonds is 4. The quantitative estimate of drug-likeness (QED) is 0.628. The van der Waals surface area contributed by atoms with Crippen LogP contribution >= 0.6 is 27.5 Å². The zero-order valence-corrected chi connectivity index (χ0v) is 9.76. The van der Waals surface area contributed by atoms with E-state index in [1.165, 1.54) is 13.2 Å². The summed E-state index contributed by atoms with van der Waals surface area (Å²) < 4.78 is 10.6. The first-order chi connectivity index (χ1) is 6.69. The van der Waals surface area contributed by atoms with Crippen molar-refractivity contribution >= 4 is 33.8 Å². The lowest BCUT2D eigenvalue weighted by Gasteiger charge is -2.09. The lowest BCUT2D eigenvalue weighted by atomic mass is 10.2. The van der Waals surface area contributed by atoms with E-state index in [1.54, 1.807) is 6.07 Å². The molecule has 1 rings (SSSR count). The molecule has 0 N–H and O–H groups in total. The van der Waals surface area contributed by atoms with Gasteiger partial charge in [0.1, 0.15) is 5.75 Å². The van der Waals surface area contributed by atoms with Crippen LogP contribution in [-0.2, 0) is 4.74 Å². The van der Waals surface area contributed by atoms with E-state index in [9.17, 15) is 4.79 Å². The van der Waals surface area contributed by atoms with Gasteiger partial charge >= 0.3 is 0 Å². The molecule has 0 unspecified atom stereocenters. The standard InChI is InChI=1S/C9H8BrClO3/c1-13-5-14-9-6(4-12)2-7(11)3-8(9)10/h2-4H,5H2,1H3. The Kier molecular flexibility index (Phi) is 4.38. The van der Waals surface area contributed by atoms with Crippen LogP contribution in [-0.4, -0.2) is 20.2 Å². The highest BCUT2D eigenvalue weighted by Gasteiger charge is 2.09. The van der Waals surface area contributed by atoms with Crippen LogP contribution in [0.2, 0.25) is 5.02 Å². The first kappa shape index (κ1) is 11.5. The monoisotopic (exact) mass is 278 g/mol. The second-order valence-electron chi connectivity index (χ2n) is 2.47.